The highest BCUT2D eigenvalue weighted by Gasteiger charge is 2.20. The molecule has 0 aliphatic heterocycles. The lowest BCUT2D eigenvalue weighted by atomic mass is 10.1. The molecule has 0 bridgehead atoms. The maximum absolute atomic E-state index is 11.5. The third-order valence-electron chi connectivity index (χ3n) is 2.49. The van der Waals surface area contributed by atoms with E-state index in [1.807, 2.05) is 6.92 Å². The molecule has 7 nitrogen and oxygen atoms in total. The fourth-order valence-corrected chi connectivity index (χ4v) is 1.26. The first-order valence-electron chi connectivity index (χ1n) is 5.70. The number of amides is 2. The summed E-state index contributed by atoms with van der Waals surface area (Å²) >= 11 is 0. The van der Waals surface area contributed by atoms with Gasteiger partial charge in [-0.25, -0.2) is 4.79 Å². The lowest BCUT2D eigenvalue weighted by molar-refractivity contribution is -0.142. The van der Waals surface area contributed by atoms with E-state index in [4.69, 9.17) is 15.6 Å². The SMILES string of the molecule is COC(C)CCC(=O)NC(CCC(N)=O)C(=O)O. The van der Waals surface area contributed by atoms with Crippen LogP contribution < -0.4 is 11.1 Å². The zero-order valence-corrected chi connectivity index (χ0v) is 10.6. The Labute approximate surface area is 106 Å². The van der Waals surface area contributed by atoms with Crippen molar-refractivity contribution in [3.05, 3.63) is 0 Å². The van der Waals surface area contributed by atoms with E-state index >= 15 is 0 Å². The second-order valence-corrected chi connectivity index (χ2v) is 4.05. The predicted octanol–water partition coefficient (Wildman–Crippen LogP) is -0.364. The molecule has 104 valence electrons. The Hall–Kier alpha value is -1.63. The number of nitrogens with one attached hydrogen (secondary N) is 1. The molecule has 18 heavy (non-hydrogen) atoms. The maximum Gasteiger partial charge on any atom is 0.326 e. The van der Waals surface area contributed by atoms with Gasteiger partial charge in [0.25, 0.3) is 0 Å². The highest BCUT2D eigenvalue weighted by molar-refractivity contribution is 5.84. The summed E-state index contributed by atoms with van der Waals surface area (Å²) in [7, 11) is 1.54. The average molecular weight is 260 g/mol. The third-order valence-corrected chi connectivity index (χ3v) is 2.49. The van der Waals surface area contributed by atoms with Gasteiger partial charge in [0.05, 0.1) is 6.10 Å². The standard InChI is InChI=1S/C11H20N2O5/c1-7(18-2)3-6-10(15)13-8(11(16)17)4-5-9(12)14/h7-8H,3-6H2,1-2H3,(H2,12,14)(H,13,15)(H,16,17). The lowest BCUT2D eigenvalue weighted by Gasteiger charge is -2.14. The molecule has 0 saturated heterocycles. The van der Waals surface area contributed by atoms with Crippen LogP contribution in [0.4, 0.5) is 0 Å². The number of carboxylic acids is 1. The second-order valence-electron chi connectivity index (χ2n) is 4.05. The Kier molecular flexibility index (Phi) is 7.69. The number of methoxy groups -OCH3 is 1. The molecule has 0 aromatic carbocycles. The van der Waals surface area contributed by atoms with Gasteiger partial charge in [-0.15, -0.1) is 0 Å². The van der Waals surface area contributed by atoms with Crippen molar-refractivity contribution >= 4 is 17.8 Å². The second kappa shape index (κ2) is 8.46. The van der Waals surface area contributed by atoms with Crippen LogP contribution in [0.25, 0.3) is 0 Å². The number of primary amides is 1. The summed E-state index contributed by atoms with van der Waals surface area (Å²) < 4.78 is 4.97. The molecular weight excluding hydrogens is 240 g/mol. The van der Waals surface area contributed by atoms with Crippen molar-refractivity contribution in [1.82, 2.24) is 5.32 Å². The van der Waals surface area contributed by atoms with E-state index in [1.165, 1.54) is 7.11 Å². The Morgan fingerprint density at radius 3 is 2.33 bits per heavy atom. The van der Waals surface area contributed by atoms with Crippen LogP contribution in [0.15, 0.2) is 0 Å². The van der Waals surface area contributed by atoms with Crippen LogP contribution >= 0.6 is 0 Å². The molecule has 2 unspecified atom stereocenters. The Balaban J connectivity index is 4.11. The molecule has 2 atom stereocenters. The van der Waals surface area contributed by atoms with Crippen LogP contribution in [-0.2, 0) is 19.1 Å². The smallest absolute Gasteiger partial charge is 0.326 e. The normalized spacial score (nSPS) is 13.7. The molecule has 2 amide bonds. The summed E-state index contributed by atoms with van der Waals surface area (Å²) in [5.41, 5.74) is 4.93. The molecule has 7 heteroatoms. The molecule has 0 aliphatic carbocycles. The number of rotatable bonds is 9. The highest BCUT2D eigenvalue weighted by Crippen LogP contribution is 2.02. The first-order chi connectivity index (χ1) is 8.36. The number of aliphatic carboxylic acids is 1. The topological polar surface area (TPSA) is 119 Å². The van der Waals surface area contributed by atoms with Gasteiger partial charge in [0, 0.05) is 20.0 Å². The van der Waals surface area contributed by atoms with Crippen molar-refractivity contribution in [2.24, 2.45) is 5.73 Å². The van der Waals surface area contributed by atoms with E-state index in [1.54, 1.807) is 0 Å². The van der Waals surface area contributed by atoms with E-state index < -0.39 is 17.9 Å². The van der Waals surface area contributed by atoms with Crippen LogP contribution in [0, 0.1) is 0 Å². The van der Waals surface area contributed by atoms with E-state index in [9.17, 15) is 14.4 Å². The van der Waals surface area contributed by atoms with E-state index in [0.29, 0.717) is 6.42 Å². The van der Waals surface area contributed by atoms with Crippen LogP contribution in [0.1, 0.15) is 32.6 Å². The monoisotopic (exact) mass is 260 g/mol. The Bertz CT molecular complexity index is 306. The molecule has 0 spiro atoms. The molecule has 4 N–H and O–H groups in total. The molecule has 0 aromatic rings. The number of hydrogen-bond donors (Lipinski definition) is 3. The third kappa shape index (κ3) is 7.61. The molecule has 0 aliphatic rings. The van der Waals surface area contributed by atoms with E-state index in [2.05, 4.69) is 5.32 Å². The zero-order chi connectivity index (χ0) is 14.1. The molecule has 0 rings (SSSR count). The summed E-state index contributed by atoms with van der Waals surface area (Å²) in [6, 6.07) is -1.08. The number of carboxylic acid groups (broad SMARTS) is 1. The van der Waals surface area contributed by atoms with Crippen molar-refractivity contribution in [2.45, 2.75) is 44.8 Å². The zero-order valence-electron chi connectivity index (χ0n) is 10.6. The van der Waals surface area contributed by atoms with Gasteiger partial charge in [-0.3, -0.25) is 9.59 Å². The van der Waals surface area contributed by atoms with Gasteiger partial charge in [0.1, 0.15) is 6.04 Å². The van der Waals surface area contributed by atoms with E-state index in [0.717, 1.165) is 0 Å². The van der Waals surface area contributed by atoms with Crippen molar-refractivity contribution in [3.63, 3.8) is 0 Å². The highest BCUT2D eigenvalue weighted by atomic mass is 16.5. The number of nitrogens with two attached hydrogens (primary N) is 1. The fourth-order valence-electron chi connectivity index (χ4n) is 1.26. The van der Waals surface area contributed by atoms with E-state index in [-0.39, 0.29) is 31.3 Å². The molecule has 0 radical (unpaired) electrons. The van der Waals surface area contributed by atoms with Gasteiger partial charge in [0.2, 0.25) is 11.8 Å². The minimum Gasteiger partial charge on any atom is -0.480 e. The van der Waals surface area contributed by atoms with Crippen LogP contribution in [0.2, 0.25) is 0 Å². The van der Waals surface area contributed by atoms with Gasteiger partial charge in [-0.2, -0.15) is 0 Å². The molecule has 0 aromatic heterocycles. The molecule has 0 saturated carbocycles. The van der Waals surface area contributed by atoms with Crippen molar-refractivity contribution in [2.75, 3.05) is 7.11 Å². The van der Waals surface area contributed by atoms with Crippen molar-refractivity contribution in [1.29, 1.82) is 0 Å². The van der Waals surface area contributed by atoms with Crippen molar-refractivity contribution in [3.8, 4) is 0 Å². The fraction of sp³-hybridized carbons (Fsp3) is 0.727. The first kappa shape index (κ1) is 16.4. The van der Waals surface area contributed by atoms with Crippen molar-refractivity contribution < 1.29 is 24.2 Å². The maximum atomic E-state index is 11.5. The average Bonchev–Trinajstić information content (AvgIpc) is 2.30. The van der Waals surface area contributed by atoms with Crippen LogP contribution in [0.5, 0.6) is 0 Å². The summed E-state index contributed by atoms with van der Waals surface area (Å²) in [4.78, 5) is 32.9. The van der Waals surface area contributed by atoms with Gasteiger partial charge in [-0.1, -0.05) is 0 Å². The number of carbonyl (C=O) groups excluding carboxylic acids is 2. The quantitative estimate of drug-likeness (QED) is 0.523. The molecule has 0 fully saturated rings. The van der Waals surface area contributed by atoms with Gasteiger partial charge in [0.15, 0.2) is 0 Å². The summed E-state index contributed by atoms with van der Waals surface area (Å²) in [5, 5.41) is 11.2. The Morgan fingerprint density at radius 2 is 1.89 bits per heavy atom. The number of carbonyl (C=O) groups is 3. The van der Waals surface area contributed by atoms with Gasteiger partial charge in [-0.05, 0) is 19.8 Å². The van der Waals surface area contributed by atoms with Crippen LogP contribution in [-0.4, -0.2) is 42.1 Å². The lowest BCUT2D eigenvalue weighted by Crippen LogP contribution is -2.41. The summed E-state index contributed by atoms with van der Waals surface area (Å²) in [6.07, 6.45) is 0.534. The minimum atomic E-state index is -1.18. The molecular formula is C11H20N2O5. The summed E-state index contributed by atoms with van der Waals surface area (Å²) in [5.74, 6) is -2.15. The number of hydrogen-bond acceptors (Lipinski definition) is 4. The number of ether oxygens (including phenoxy) is 1. The van der Waals surface area contributed by atoms with Crippen LogP contribution in [0.3, 0.4) is 0 Å². The molecule has 0 heterocycles. The van der Waals surface area contributed by atoms with Gasteiger partial charge >= 0.3 is 5.97 Å². The minimum absolute atomic E-state index is 0.00373. The predicted molar refractivity (Wildman–Crippen MR) is 63.7 cm³/mol. The largest absolute Gasteiger partial charge is 0.480 e. The Morgan fingerprint density at radius 1 is 1.28 bits per heavy atom. The first-order valence-corrected chi connectivity index (χ1v) is 5.70. The van der Waals surface area contributed by atoms with Gasteiger partial charge < -0.3 is 20.9 Å². The summed E-state index contributed by atoms with van der Waals surface area (Å²) in [6.45, 7) is 1.81.